The van der Waals surface area contributed by atoms with E-state index in [-0.39, 0.29) is 9.92 Å². The van der Waals surface area contributed by atoms with Crippen molar-refractivity contribution in [3.05, 3.63) is 68.0 Å². The van der Waals surface area contributed by atoms with Gasteiger partial charge in [0.15, 0.2) is 0 Å². The highest BCUT2D eigenvalue weighted by Crippen LogP contribution is 2.26. The topological polar surface area (TPSA) is 57.9 Å². The number of allylic oxidation sites excluding steroid dienone is 1. The van der Waals surface area contributed by atoms with Gasteiger partial charge in [-0.2, -0.15) is 5.26 Å². The minimum atomic E-state index is -3.92. The van der Waals surface area contributed by atoms with Crippen LogP contribution in [0.3, 0.4) is 0 Å². The van der Waals surface area contributed by atoms with Gasteiger partial charge in [-0.25, -0.2) is 8.42 Å². The first kappa shape index (κ1) is 16.9. The summed E-state index contributed by atoms with van der Waals surface area (Å²) in [5, 5.41) is 10.2. The molecule has 2 aromatic carbocycles. The van der Waals surface area contributed by atoms with Crippen LogP contribution in [0.15, 0.2) is 52.3 Å². The van der Waals surface area contributed by atoms with Gasteiger partial charge < -0.3 is 0 Å². The Kier molecular flexibility index (Phi) is 5.15. The first-order chi connectivity index (χ1) is 10.3. The van der Waals surface area contributed by atoms with E-state index in [1.54, 1.807) is 12.1 Å². The number of sulfone groups is 1. The molecule has 0 saturated carbocycles. The zero-order valence-corrected chi connectivity index (χ0v) is 14.0. The van der Waals surface area contributed by atoms with E-state index in [0.29, 0.717) is 15.6 Å². The fourth-order valence-corrected chi connectivity index (χ4v) is 3.26. The van der Waals surface area contributed by atoms with Crippen molar-refractivity contribution in [2.75, 3.05) is 0 Å². The normalized spacial score (nSPS) is 12.0. The lowest BCUT2D eigenvalue weighted by atomic mass is 10.2. The molecule has 0 aliphatic carbocycles. The van der Waals surface area contributed by atoms with E-state index in [1.165, 1.54) is 42.5 Å². The molecule has 0 N–H and O–H groups in total. The second kappa shape index (κ2) is 6.72. The summed E-state index contributed by atoms with van der Waals surface area (Å²) in [6.07, 6.45) is 1.24. The SMILES string of the molecule is N#C/C(=C\c1ccc(Cl)c(Cl)c1)S(=O)(=O)c1ccc(Cl)cc1. The first-order valence-electron chi connectivity index (χ1n) is 5.92. The number of benzene rings is 2. The fraction of sp³-hybridized carbons (Fsp3) is 0. The molecule has 0 unspecified atom stereocenters. The van der Waals surface area contributed by atoms with Gasteiger partial charge in [-0.05, 0) is 48.0 Å². The third-order valence-electron chi connectivity index (χ3n) is 2.77. The summed E-state index contributed by atoms with van der Waals surface area (Å²) >= 11 is 17.4. The van der Waals surface area contributed by atoms with Crippen molar-refractivity contribution in [2.24, 2.45) is 0 Å². The van der Waals surface area contributed by atoms with E-state index >= 15 is 0 Å². The Morgan fingerprint density at radius 2 is 1.64 bits per heavy atom. The van der Waals surface area contributed by atoms with Crippen LogP contribution < -0.4 is 0 Å². The van der Waals surface area contributed by atoms with Crippen LogP contribution in [0.25, 0.3) is 6.08 Å². The van der Waals surface area contributed by atoms with E-state index in [9.17, 15) is 13.7 Å². The maximum absolute atomic E-state index is 12.4. The zero-order valence-electron chi connectivity index (χ0n) is 10.9. The molecule has 0 atom stereocenters. The molecular formula is C15H8Cl3NO2S. The third kappa shape index (κ3) is 3.63. The minimum Gasteiger partial charge on any atom is -0.218 e. The lowest BCUT2D eigenvalue weighted by molar-refractivity contribution is 0.603. The number of rotatable bonds is 3. The molecule has 22 heavy (non-hydrogen) atoms. The van der Waals surface area contributed by atoms with Gasteiger partial charge in [0, 0.05) is 5.02 Å². The van der Waals surface area contributed by atoms with Crippen LogP contribution in [0.1, 0.15) is 5.56 Å². The quantitative estimate of drug-likeness (QED) is 0.713. The molecule has 0 heterocycles. The van der Waals surface area contributed by atoms with Gasteiger partial charge in [-0.3, -0.25) is 0 Å². The highest BCUT2D eigenvalue weighted by atomic mass is 35.5. The molecular weight excluding hydrogens is 365 g/mol. The summed E-state index contributed by atoms with van der Waals surface area (Å²) in [7, 11) is -3.92. The molecule has 0 radical (unpaired) electrons. The zero-order chi connectivity index (χ0) is 16.3. The summed E-state index contributed by atoms with van der Waals surface area (Å²) < 4.78 is 24.9. The number of hydrogen-bond donors (Lipinski definition) is 0. The lowest BCUT2D eigenvalue weighted by Gasteiger charge is -2.04. The Morgan fingerprint density at radius 3 is 2.18 bits per heavy atom. The van der Waals surface area contributed by atoms with Crippen LogP contribution >= 0.6 is 34.8 Å². The van der Waals surface area contributed by atoms with E-state index in [4.69, 9.17) is 34.8 Å². The highest BCUT2D eigenvalue weighted by molar-refractivity contribution is 7.95. The third-order valence-corrected chi connectivity index (χ3v) is 5.44. The summed E-state index contributed by atoms with van der Waals surface area (Å²) in [5.41, 5.74) is 0.462. The molecule has 0 aromatic heterocycles. The van der Waals surface area contributed by atoms with Gasteiger partial charge in [0.25, 0.3) is 0 Å². The molecule has 112 valence electrons. The number of nitrogens with zero attached hydrogens (tertiary/aromatic N) is 1. The molecule has 0 spiro atoms. The van der Waals surface area contributed by atoms with E-state index in [2.05, 4.69) is 0 Å². The maximum atomic E-state index is 12.4. The molecule has 0 aliphatic heterocycles. The predicted octanol–water partition coefficient (Wildman–Crippen LogP) is 4.99. The van der Waals surface area contributed by atoms with Gasteiger partial charge in [0.2, 0.25) is 9.84 Å². The molecule has 0 bridgehead atoms. The average molecular weight is 373 g/mol. The summed E-state index contributed by atoms with van der Waals surface area (Å²) in [4.78, 5) is -0.405. The second-order valence-electron chi connectivity index (χ2n) is 4.25. The molecule has 0 amide bonds. The van der Waals surface area contributed by atoms with Crippen LogP contribution in [0.4, 0.5) is 0 Å². The van der Waals surface area contributed by atoms with Crippen molar-refractivity contribution in [3.8, 4) is 6.07 Å². The standard InChI is InChI=1S/C15H8Cl3NO2S/c16-11-2-4-12(5-3-11)22(20,21)13(9-19)7-10-1-6-14(17)15(18)8-10/h1-8H/b13-7+. The van der Waals surface area contributed by atoms with E-state index in [1.807, 2.05) is 0 Å². The second-order valence-corrected chi connectivity index (χ2v) is 7.42. The molecule has 0 aliphatic rings. The van der Waals surface area contributed by atoms with Gasteiger partial charge in [-0.1, -0.05) is 40.9 Å². The van der Waals surface area contributed by atoms with Crippen LogP contribution in [0.2, 0.25) is 15.1 Å². The average Bonchev–Trinajstić information content (AvgIpc) is 2.48. The number of nitriles is 1. The molecule has 2 aromatic rings. The van der Waals surface area contributed by atoms with Crippen molar-refractivity contribution in [1.29, 1.82) is 5.26 Å². The van der Waals surface area contributed by atoms with Crippen molar-refractivity contribution in [1.82, 2.24) is 0 Å². The summed E-state index contributed by atoms with van der Waals surface area (Å²) in [5.74, 6) is 0. The minimum absolute atomic E-state index is 0.00948. The smallest absolute Gasteiger partial charge is 0.216 e. The molecule has 3 nitrogen and oxygen atoms in total. The molecule has 2 rings (SSSR count). The van der Waals surface area contributed by atoms with Gasteiger partial charge in [-0.15, -0.1) is 0 Å². The van der Waals surface area contributed by atoms with Gasteiger partial charge in [0.1, 0.15) is 11.0 Å². The van der Waals surface area contributed by atoms with Crippen molar-refractivity contribution in [2.45, 2.75) is 4.90 Å². The Bertz CT molecular complexity index is 882. The highest BCUT2D eigenvalue weighted by Gasteiger charge is 2.20. The lowest BCUT2D eigenvalue weighted by Crippen LogP contribution is -2.03. The largest absolute Gasteiger partial charge is 0.218 e. The molecule has 0 saturated heterocycles. The Hall–Kier alpha value is -1.51. The first-order valence-corrected chi connectivity index (χ1v) is 8.54. The monoisotopic (exact) mass is 371 g/mol. The number of hydrogen-bond acceptors (Lipinski definition) is 3. The van der Waals surface area contributed by atoms with Gasteiger partial charge >= 0.3 is 0 Å². The van der Waals surface area contributed by atoms with Crippen molar-refractivity contribution in [3.63, 3.8) is 0 Å². The van der Waals surface area contributed by atoms with Crippen LogP contribution in [0, 0.1) is 11.3 Å². The Labute approximate surface area is 143 Å². The maximum Gasteiger partial charge on any atom is 0.216 e. The van der Waals surface area contributed by atoms with Crippen LogP contribution in [0.5, 0.6) is 0 Å². The van der Waals surface area contributed by atoms with E-state index < -0.39 is 14.7 Å². The van der Waals surface area contributed by atoms with Crippen LogP contribution in [-0.4, -0.2) is 8.42 Å². The summed E-state index contributed by atoms with van der Waals surface area (Å²) in [6.45, 7) is 0. The Morgan fingerprint density at radius 1 is 1.00 bits per heavy atom. The Balaban J connectivity index is 2.51. The fourth-order valence-electron chi connectivity index (χ4n) is 1.66. The van der Waals surface area contributed by atoms with Gasteiger partial charge in [0.05, 0.1) is 14.9 Å². The van der Waals surface area contributed by atoms with Crippen LogP contribution in [-0.2, 0) is 9.84 Å². The van der Waals surface area contributed by atoms with Crippen molar-refractivity contribution < 1.29 is 8.42 Å². The molecule has 0 fully saturated rings. The summed E-state index contributed by atoms with van der Waals surface area (Å²) in [6, 6.07) is 11.9. The number of halogens is 3. The van der Waals surface area contributed by atoms with E-state index in [0.717, 1.165) is 0 Å². The molecule has 7 heteroatoms. The predicted molar refractivity (Wildman–Crippen MR) is 88.7 cm³/mol. The van der Waals surface area contributed by atoms with Crippen molar-refractivity contribution >= 4 is 50.7 Å².